The fraction of sp³-hybridized carbons (Fsp3) is 0.130. The number of anilines is 1. The number of aromatic amines is 2. The molecule has 7 heterocycles. The van der Waals surface area contributed by atoms with Crippen LogP contribution in [0.1, 0.15) is 0 Å². The maximum atomic E-state index is 5.91. The number of aromatic nitrogens is 8. The highest BCUT2D eigenvalue weighted by Gasteiger charge is 2.25. The maximum absolute atomic E-state index is 5.91. The molecule has 166 valence electrons. The Bertz CT molecular complexity index is 1650. The summed E-state index contributed by atoms with van der Waals surface area (Å²) in [5, 5.41) is 7.53. The standard InChI is InChI=1S/C23H18N10O/c24-13-9-33(10-13)18-8-25-7-17(27-18)14-1-2-16-21(28-14)22(32-31-16)23-29-15-3-5-26-19(20(15)30-23)12-4-6-34-11-12/h1-8,11,13H,9-10,24H2,(H,29,30)(H,31,32). The lowest BCUT2D eigenvalue weighted by atomic mass is 10.1. The molecule has 1 aliphatic heterocycles. The quantitative estimate of drug-likeness (QED) is 0.368. The van der Waals surface area contributed by atoms with Crippen LogP contribution in [0.4, 0.5) is 5.82 Å². The predicted octanol–water partition coefficient (Wildman–Crippen LogP) is 2.76. The second kappa shape index (κ2) is 7.18. The monoisotopic (exact) mass is 450 g/mol. The van der Waals surface area contributed by atoms with Crippen LogP contribution in [-0.2, 0) is 0 Å². The summed E-state index contributed by atoms with van der Waals surface area (Å²) in [5.41, 5.74) is 12.6. The van der Waals surface area contributed by atoms with Crippen LogP contribution in [0.5, 0.6) is 0 Å². The number of hydrogen-bond donors (Lipinski definition) is 3. The van der Waals surface area contributed by atoms with Crippen LogP contribution in [-0.4, -0.2) is 59.2 Å². The molecule has 0 aromatic carbocycles. The predicted molar refractivity (Wildman–Crippen MR) is 126 cm³/mol. The molecular weight excluding hydrogens is 432 g/mol. The third kappa shape index (κ3) is 2.94. The molecule has 11 heteroatoms. The van der Waals surface area contributed by atoms with Crippen molar-refractivity contribution in [3.63, 3.8) is 0 Å². The van der Waals surface area contributed by atoms with Gasteiger partial charge >= 0.3 is 0 Å². The first kappa shape index (κ1) is 18.9. The van der Waals surface area contributed by atoms with Gasteiger partial charge in [-0.15, -0.1) is 0 Å². The largest absolute Gasteiger partial charge is 0.472 e. The molecule has 1 fully saturated rings. The number of furan rings is 1. The summed E-state index contributed by atoms with van der Waals surface area (Å²) in [6.07, 6.45) is 8.46. The van der Waals surface area contributed by atoms with Crippen molar-refractivity contribution in [2.24, 2.45) is 5.73 Å². The average Bonchev–Trinajstić information content (AvgIpc) is 3.60. The van der Waals surface area contributed by atoms with Gasteiger partial charge in [-0.1, -0.05) is 0 Å². The number of H-pyrrole nitrogens is 2. The molecule has 11 nitrogen and oxygen atoms in total. The molecule has 34 heavy (non-hydrogen) atoms. The van der Waals surface area contributed by atoms with Crippen molar-refractivity contribution in [1.82, 2.24) is 40.1 Å². The van der Waals surface area contributed by atoms with Gasteiger partial charge < -0.3 is 20.0 Å². The Morgan fingerprint density at radius 2 is 1.85 bits per heavy atom. The molecule has 6 aromatic rings. The summed E-state index contributed by atoms with van der Waals surface area (Å²) < 4.78 is 5.22. The van der Waals surface area contributed by atoms with Gasteiger partial charge in [0.1, 0.15) is 28.2 Å². The van der Waals surface area contributed by atoms with Crippen LogP contribution >= 0.6 is 0 Å². The molecule has 7 rings (SSSR count). The molecular formula is C23H18N10O. The molecule has 0 spiro atoms. The lowest BCUT2D eigenvalue weighted by molar-refractivity contribution is 0.514. The Hall–Kier alpha value is -4.64. The van der Waals surface area contributed by atoms with E-state index in [-0.39, 0.29) is 6.04 Å². The third-order valence-electron chi connectivity index (χ3n) is 5.95. The fourth-order valence-corrected chi connectivity index (χ4v) is 4.20. The van der Waals surface area contributed by atoms with Gasteiger partial charge in [-0.3, -0.25) is 15.1 Å². The van der Waals surface area contributed by atoms with Crippen LogP contribution in [0.25, 0.3) is 56.2 Å². The van der Waals surface area contributed by atoms with E-state index in [4.69, 9.17) is 25.1 Å². The summed E-state index contributed by atoms with van der Waals surface area (Å²) in [6, 6.07) is 7.76. The first-order valence-corrected chi connectivity index (χ1v) is 10.8. The van der Waals surface area contributed by atoms with Crippen LogP contribution in [0.3, 0.4) is 0 Å². The van der Waals surface area contributed by atoms with E-state index >= 15 is 0 Å². The van der Waals surface area contributed by atoms with E-state index in [1.165, 1.54) is 0 Å². The smallest absolute Gasteiger partial charge is 0.161 e. The number of nitrogens with zero attached hydrogens (tertiary/aromatic N) is 7. The van der Waals surface area contributed by atoms with Gasteiger partial charge in [0.15, 0.2) is 11.5 Å². The second-order valence-electron chi connectivity index (χ2n) is 8.25. The van der Waals surface area contributed by atoms with Crippen LogP contribution < -0.4 is 10.6 Å². The molecule has 6 aromatic heterocycles. The van der Waals surface area contributed by atoms with Crippen molar-refractivity contribution in [1.29, 1.82) is 0 Å². The summed E-state index contributed by atoms with van der Waals surface area (Å²) in [7, 11) is 0. The topological polar surface area (TPSA) is 151 Å². The van der Waals surface area contributed by atoms with Crippen molar-refractivity contribution in [2.45, 2.75) is 6.04 Å². The lowest BCUT2D eigenvalue weighted by Gasteiger charge is -2.37. The first-order valence-electron chi connectivity index (χ1n) is 10.8. The summed E-state index contributed by atoms with van der Waals surface area (Å²) in [4.78, 5) is 28.7. The number of rotatable bonds is 4. The minimum atomic E-state index is 0.182. The Morgan fingerprint density at radius 3 is 2.71 bits per heavy atom. The van der Waals surface area contributed by atoms with Crippen molar-refractivity contribution < 1.29 is 4.42 Å². The molecule has 0 unspecified atom stereocenters. The molecule has 0 radical (unpaired) electrons. The third-order valence-corrected chi connectivity index (χ3v) is 5.95. The highest BCUT2D eigenvalue weighted by Crippen LogP contribution is 2.31. The Balaban J connectivity index is 1.31. The zero-order valence-corrected chi connectivity index (χ0v) is 17.8. The van der Waals surface area contributed by atoms with E-state index in [1.54, 1.807) is 31.1 Å². The summed E-state index contributed by atoms with van der Waals surface area (Å²) in [6.45, 7) is 1.55. The van der Waals surface area contributed by atoms with Gasteiger partial charge in [-0.05, 0) is 24.3 Å². The van der Waals surface area contributed by atoms with Crippen molar-refractivity contribution in [3.8, 4) is 34.2 Å². The maximum Gasteiger partial charge on any atom is 0.161 e. The van der Waals surface area contributed by atoms with E-state index in [0.717, 1.165) is 46.7 Å². The molecule has 0 amide bonds. The van der Waals surface area contributed by atoms with E-state index in [1.807, 2.05) is 24.3 Å². The number of pyridine rings is 2. The van der Waals surface area contributed by atoms with Gasteiger partial charge in [0.25, 0.3) is 0 Å². The first-order chi connectivity index (χ1) is 16.7. The van der Waals surface area contributed by atoms with Crippen LogP contribution in [0.15, 0.2) is 59.8 Å². The minimum Gasteiger partial charge on any atom is -0.472 e. The SMILES string of the molecule is NC1CN(c2cncc(-c3ccc4[nH]nc(-c5nc6c(-c7ccoc7)nccc6[nH]5)c4n3)n2)C1. The van der Waals surface area contributed by atoms with E-state index < -0.39 is 0 Å². The van der Waals surface area contributed by atoms with E-state index in [9.17, 15) is 0 Å². The average molecular weight is 450 g/mol. The molecule has 1 saturated heterocycles. The zero-order valence-electron chi connectivity index (χ0n) is 17.8. The summed E-state index contributed by atoms with van der Waals surface area (Å²) in [5.74, 6) is 1.39. The Morgan fingerprint density at radius 1 is 0.941 bits per heavy atom. The molecule has 0 saturated carbocycles. The minimum absolute atomic E-state index is 0.182. The van der Waals surface area contributed by atoms with Crippen molar-refractivity contribution >= 4 is 27.9 Å². The molecule has 0 aliphatic carbocycles. The van der Waals surface area contributed by atoms with E-state index in [0.29, 0.717) is 28.4 Å². The molecule has 0 bridgehead atoms. The zero-order chi connectivity index (χ0) is 22.6. The highest BCUT2D eigenvalue weighted by atomic mass is 16.3. The Kier molecular flexibility index (Phi) is 3.99. The molecule has 0 atom stereocenters. The number of nitrogens with one attached hydrogen (secondary N) is 2. The van der Waals surface area contributed by atoms with Crippen molar-refractivity contribution in [3.05, 3.63) is 55.4 Å². The molecule has 1 aliphatic rings. The highest BCUT2D eigenvalue weighted by molar-refractivity contribution is 5.94. The van der Waals surface area contributed by atoms with Gasteiger partial charge in [-0.2, -0.15) is 5.10 Å². The summed E-state index contributed by atoms with van der Waals surface area (Å²) >= 11 is 0. The number of fused-ring (bicyclic) bond motifs is 2. The fourth-order valence-electron chi connectivity index (χ4n) is 4.20. The van der Waals surface area contributed by atoms with Gasteiger partial charge in [-0.25, -0.2) is 15.0 Å². The van der Waals surface area contributed by atoms with Gasteiger partial charge in [0.05, 0.1) is 41.6 Å². The second-order valence-corrected chi connectivity index (χ2v) is 8.25. The molecule has 4 N–H and O–H groups in total. The number of imidazole rings is 1. The Labute approximate surface area is 192 Å². The van der Waals surface area contributed by atoms with Crippen molar-refractivity contribution in [2.75, 3.05) is 18.0 Å². The lowest BCUT2D eigenvalue weighted by Crippen LogP contribution is -2.56. The van der Waals surface area contributed by atoms with Crippen LogP contribution in [0.2, 0.25) is 0 Å². The van der Waals surface area contributed by atoms with Crippen LogP contribution in [0, 0.1) is 0 Å². The number of hydrogen-bond acceptors (Lipinski definition) is 9. The van der Waals surface area contributed by atoms with E-state index in [2.05, 4.69) is 30.0 Å². The van der Waals surface area contributed by atoms with Gasteiger partial charge in [0, 0.05) is 30.9 Å². The normalized spacial score (nSPS) is 14.2. The van der Waals surface area contributed by atoms with Gasteiger partial charge in [0.2, 0.25) is 0 Å². The number of nitrogens with two attached hydrogens (primary N) is 1.